The molecule has 0 bridgehead atoms. The van der Waals surface area contributed by atoms with Crippen molar-refractivity contribution in [2.24, 2.45) is 0 Å². The lowest BCUT2D eigenvalue weighted by Crippen LogP contribution is -2.48. The van der Waals surface area contributed by atoms with Crippen molar-refractivity contribution in [3.8, 4) is 17.1 Å². The van der Waals surface area contributed by atoms with E-state index in [1.54, 1.807) is 24.3 Å². The fourth-order valence-electron chi connectivity index (χ4n) is 3.71. The summed E-state index contributed by atoms with van der Waals surface area (Å²) >= 11 is 0. The summed E-state index contributed by atoms with van der Waals surface area (Å²) in [7, 11) is 1.58. The van der Waals surface area contributed by atoms with Crippen molar-refractivity contribution in [3.05, 3.63) is 66.0 Å². The number of ether oxygens (including phenoxy) is 1. The number of carbonyl (C=O) groups is 1. The monoisotopic (exact) mass is 378 g/mol. The van der Waals surface area contributed by atoms with Crippen LogP contribution in [0.15, 0.2) is 54.7 Å². The van der Waals surface area contributed by atoms with E-state index in [2.05, 4.69) is 15.2 Å². The molecule has 0 saturated carbocycles. The number of rotatable bonds is 4. The van der Waals surface area contributed by atoms with Gasteiger partial charge in [-0.2, -0.15) is 5.10 Å². The second-order valence-corrected chi connectivity index (χ2v) is 6.94. The minimum Gasteiger partial charge on any atom is -0.496 e. The fraction of sp³-hybridized carbons (Fsp3) is 0.286. The van der Waals surface area contributed by atoms with E-state index >= 15 is 0 Å². The van der Waals surface area contributed by atoms with Gasteiger partial charge in [0.25, 0.3) is 5.91 Å². The maximum atomic E-state index is 13.0. The number of aromatic amines is 1. The number of piperidine rings is 1. The summed E-state index contributed by atoms with van der Waals surface area (Å²) in [6.07, 6.45) is 2.95. The summed E-state index contributed by atoms with van der Waals surface area (Å²) in [4.78, 5) is 18.9. The number of nitrogens with one attached hydrogen (secondary N) is 1. The fourth-order valence-corrected chi connectivity index (χ4v) is 3.71. The van der Waals surface area contributed by atoms with Crippen LogP contribution in [0.2, 0.25) is 0 Å². The van der Waals surface area contributed by atoms with Gasteiger partial charge in [-0.15, -0.1) is 0 Å². The Balaban J connectivity index is 1.56. The molecule has 1 aliphatic heterocycles. The van der Waals surface area contributed by atoms with Gasteiger partial charge < -0.3 is 14.7 Å². The summed E-state index contributed by atoms with van der Waals surface area (Å²) in [5.74, 6) is 0.431. The Bertz CT molecular complexity index is 973. The maximum absolute atomic E-state index is 13.0. The average Bonchev–Trinajstić information content (AvgIpc) is 3.24. The number of pyridine rings is 1. The summed E-state index contributed by atoms with van der Waals surface area (Å²) < 4.78 is 5.41. The van der Waals surface area contributed by atoms with E-state index in [1.807, 2.05) is 42.5 Å². The van der Waals surface area contributed by atoms with Crippen molar-refractivity contribution in [1.29, 1.82) is 0 Å². The molecular weight excluding hydrogens is 356 g/mol. The van der Waals surface area contributed by atoms with Crippen molar-refractivity contribution in [2.45, 2.75) is 18.4 Å². The molecule has 7 nitrogen and oxygen atoms in total. The first-order chi connectivity index (χ1) is 13.6. The first-order valence-electron chi connectivity index (χ1n) is 9.23. The molecular formula is C21H22N4O3. The molecule has 4 rings (SSSR count). The van der Waals surface area contributed by atoms with Crippen LogP contribution in [0, 0.1) is 0 Å². The number of amides is 1. The van der Waals surface area contributed by atoms with Crippen molar-refractivity contribution in [2.75, 3.05) is 20.2 Å². The number of carbonyl (C=O) groups excluding carboxylic acids is 1. The number of para-hydroxylation sites is 1. The highest BCUT2D eigenvalue weighted by atomic mass is 16.5. The summed E-state index contributed by atoms with van der Waals surface area (Å²) in [6, 6.07) is 14.6. The Kier molecular flexibility index (Phi) is 4.83. The molecule has 3 aromatic rings. The average molecular weight is 378 g/mol. The van der Waals surface area contributed by atoms with Crippen LogP contribution in [-0.2, 0) is 5.60 Å². The molecule has 3 heterocycles. The predicted molar refractivity (Wildman–Crippen MR) is 104 cm³/mol. The topological polar surface area (TPSA) is 91.3 Å². The van der Waals surface area contributed by atoms with Crippen molar-refractivity contribution < 1.29 is 14.6 Å². The molecule has 2 aromatic heterocycles. The highest BCUT2D eigenvalue weighted by Gasteiger charge is 2.39. The van der Waals surface area contributed by atoms with Crippen LogP contribution in [0.3, 0.4) is 0 Å². The van der Waals surface area contributed by atoms with Crippen LogP contribution in [0.4, 0.5) is 0 Å². The van der Waals surface area contributed by atoms with Crippen molar-refractivity contribution in [3.63, 3.8) is 0 Å². The minimum atomic E-state index is -1.15. The van der Waals surface area contributed by atoms with Gasteiger partial charge in [0.15, 0.2) is 0 Å². The highest BCUT2D eigenvalue weighted by molar-refractivity contribution is 5.93. The van der Waals surface area contributed by atoms with E-state index in [0.717, 1.165) is 0 Å². The van der Waals surface area contributed by atoms with E-state index in [4.69, 9.17) is 4.74 Å². The molecule has 0 spiro atoms. The first-order valence-corrected chi connectivity index (χ1v) is 9.23. The minimum absolute atomic E-state index is 0.192. The van der Waals surface area contributed by atoms with E-state index in [9.17, 15) is 9.90 Å². The van der Waals surface area contributed by atoms with Crippen molar-refractivity contribution in [1.82, 2.24) is 20.1 Å². The molecule has 1 saturated heterocycles. The number of aliphatic hydroxyl groups is 1. The Morgan fingerprint density at radius 2 is 2.04 bits per heavy atom. The number of hydrogen-bond donors (Lipinski definition) is 2. The second-order valence-electron chi connectivity index (χ2n) is 6.94. The van der Waals surface area contributed by atoms with E-state index < -0.39 is 5.60 Å². The van der Waals surface area contributed by atoms with Crippen molar-refractivity contribution >= 4 is 5.91 Å². The molecule has 1 fully saturated rings. The number of hydrogen-bond acceptors (Lipinski definition) is 5. The van der Waals surface area contributed by atoms with Gasteiger partial charge in [-0.3, -0.25) is 14.9 Å². The van der Waals surface area contributed by atoms with Crippen LogP contribution < -0.4 is 4.74 Å². The van der Waals surface area contributed by atoms with E-state index in [1.165, 1.54) is 0 Å². The van der Waals surface area contributed by atoms with Gasteiger partial charge in [0.05, 0.1) is 19.3 Å². The van der Waals surface area contributed by atoms with Crippen LogP contribution >= 0.6 is 0 Å². The molecule has 1 aromatic carbocycles. The van der Waals surface area contributed by atoms with Gasteiger partial charge >= 0.3 is 0 Å². The lowest BCUT2D eigenvalue weighted by atomic mass is 9.85. The normalized spacial score (nSPS) is 19.4. The molecule has 0 aliphatic carbocycles. The number of H-pyrrole nitrogens is 1. The standard InChI is InChI=1S/C21H22N4O3/c1-28-19-9-3-2-7-15(19)21(27)10-6-12-25(14-21)20(26)18-13-17(23-24-18)16-8-4-5-11-22-16/h2-5,7-9,11,13,27H,6,10,12,14H2,1H3,(H,23,24)/t21-/m1/s1. The maximum Gasteiger partial charge on any atom is 0.271 e. The predicted octanol–water partition coefficient (Wildman–Crippen LogP) is 2.60. The summed E-state index contributed by atoms with van der Waals surface area (Å²) in [5.41, 5.74) is 1.24. The van der Waals surface area contributed by atoms with Gasteiger partial charge in [-0.05, 0) is 37.1 Å². The number of methoxy groups -OCH3 is 1. The zero-order valence-corrected chi connectivity index (χ0v) is 15.6. The summed E-state index contributed by atoms with van der Waals surface area (Å²) in [5, 5.41) is 18.3. The van der Waals surface area contributed by atoms with Gasteiger partial charge in [0.2, 0.25) is 0 Å². The molecule has 1 aliphatic rings. The Morgan fingerprint density at radius 3 is 2.82 bits per heavy atom. The number of β-amino-alcohol motifs (C(OH)–C–C–N with tert-alkyl or cyclic N) is 1. The number of benzene rings is 1. The molecule has 1 amide bonds. The number of likely N-dealkylation sites (tertiary alicyclic amines) is 1. The molecule has 7 heteroatoms. The molecule has 28 heavy (non-hydrogen) atoms. The largest absolute Gasteiger partial charge is 0.496 e. The smallest absolute Gasteiger partial charge is 0.271 e. The summed E-state index contributed by atoms with van der Waals surface area (Å²) in [6.45, 7) is 0.776. The highest BCUT2D eigenvalue weighted by Crippen LogP contribution is 2.37. The number of aromatic nitrogens is 3. The van der Waals surface area contributed by atoms with E-state index in [0.29, 0.717) is 47.8 Å². The Labute approximate surface area is 163 Å². The third-order valence-electron chi connectivity index (χ3n) is 5.10. The number of nitrogens with zero attached hydrogens (tertiary/aromatic N) is 3. The van der Waals surface area contributed by atoms with Gasteiger partial charge in [0, 0.05) is 18.3 Å². The molecule has 1 atom stereocenters. The lowest BCUT2D eigenvalue weighted by Gasteiger charge is -2.39. The van der Waals surface area contributed by atoms with Gasteiger partial charge in [0.1, 0.15) is 22.7 Å². The molecule has 0 radical (unpaired) electrons. The van der Waals surface area contributed by atoms with Crippen LogP contribution in [0.5, 0.6) is 5.75 Å². The quantitative estimate of drug-likeness (QED) is 0.728. The molecule has 2 N–H and O–H groups in total. The zero-order chi connectivity index (χ0) is 19.6. The Morgan fingerprint density at radius 1 is 1.21 bits per heavy atom. The van der Waals surface area contributed by atoms with Gasteiger partial charge in [-0.25, -0.2) is 0 Å². The Hall–Kier alpha value is -3.19. The van der Waals surface area contributed by atoms with Gasteiger partial charge in [-0.1, -0.05) is 24.3 Å². The first kappa shape index (κ1) is 18.2. The lowest BCUT2D eigenvalue weighted by molar-refractivity contribution is -0.0304. The van der Waals surface area contributed by atoms with Crippen LogP contribution in [-0.4, -0.2) is 51.3 Å². The molecule has 144 valence electrons. The van der Waals surface area contributed by atoms with Crippen LogP contribution in [0.1, 0.15) is 28.9 Å². The SMILES string of the molecule is COc1ccccc1[C@@]1(O)CCCN(C(=O)c2cc(-c3ccccn3)n[nH]2)C1. The zero-order valence-electron chi connectivity index (χ0n) is 15.6. The van der Waals surface area contributed by atoms with E-state index in [-0.39, 0.29) is 12.5 Å². The third kappa shape index (κ3) is 3.36. The second kappa shape index (κ2) is 7.44. The van der Waals surface area contributed by atoms with Crippen LogP contribution in [0.25, 0.3) is 11.4 Å². The molecule has 0 unspecified atom stereocenters. The third-order valence-corrected chi connectivity index (χ3v) is 5.10.